The number of thiophene rings is 1. The summed E-state index contributed by atoms with van der Waals surface area (Å²) in [7, 11) is -4.11. The number of fused-ring (bicyclic) bond motifs is 1. The average Bonchev–Trinajstić information content (AvgIpc) is 3.19. The fourth-order valence-corrected chi connectivity index (χ4v) is 5.63. The van der Waals surface area contributed by atoms with Gasteiger partial charge in [-0.15, -0.1) is 11.3 Å². The summed E-state index contributed by atoms with van der Waals surface area (Å²) in [6.07, 6.45) is -4.70. The molecule has 0 saturated carbocycles. The number of hydrogen-bond acceptors (Lipinski definition) is 7. The molecule has 1 fully saturated rings. The number of likely N-dealkylation sites (N-methyl/N-ethyl adjacent to an activating group) is 1. The van der Waals surface area contributed by atoms with Gasteiger partial charge in [0.25, 0.3) is 5.56 Å². The van der Waals surface area contributed by atoms with E-state index in [0.29, 0.717) is 13.1 Å². The second-order valence-electron chi connectivity index (χ2n) is 7.72. The molecule has 3 heterocycles. The van der Waals surface area contributed by atoms with Crippen molar-refractivity contribution in [2.75, 3.05) is 32.7 Å². The Morgan fingerprint density at radius 3 is 2.36 bits per heavy atom. The second-order valence-corrected chi connectivity index (χ2v) is 10.5. The monoisotopic (exact) mass is 501 g/mol. The summed E-state index contributed by atoms with van der Waals surface area (Å²) < 4.78 is 65.6. The van der Waals surface area contributed by atoms with Crippen LogP contribution in [0.2, 0.25) is 0 Å². The summed E-state index contributed by atoms with van der Waals surface area (Å²) in [6.45, 7) is 5.99. The number of nitrogens with zero attached hydrogens (tertiary/aromatic N) is 4. The van der Waals surface area contributed by atoms with Crippen molar-refractivity contribution >= 4 is 31.6 Å². The van der Waals surface area contributed by atoms with Gasteiger partial charge in [0, 0.05) is 26.2 Å². The van der Waals surface area contributed by atoms with Gasteiger partial charge in [0.15, 0.2) is 0 Å². The minimum atomic E-state index is -4.70. The van der Waals surface area contributed by atoms with Gasteiger partial charge in [-0.3, -0.25) is 14.3 Å². The number of sulfonamides is 1. The number of nitrogens with two attached hydrogens (primary N) is 1. The van der Waals surface area contributed by atoms with Gasteiger partial charge in [-0.25, -0.2) is 18.5 Å². The highest BCUT2D eigenvalue weighted by Crippen LogP contribution is 2.34. The molecular formula is C20H22F3N5O3S2. The standard InChI is InChI=1S/C20H22F3N5O3S2/c1-2-26-7-9-27(10-8-26)12-16-25-18-13(11-17(32-18)33(24,30)31)19(29)28(16)15-6-4-3-5-14(15)20(21,22)23/h3-6,11H,2,7-10,12H2,1H3,(H2,24,30,31). The molecule has 0 radical (unpaired) electrons. The maximum absolute atomic E-state index is 13.8. The third kappa shape index (κ3) is 4.82. The van der Waals surface area contributed by atoms with E-state index >= 15 is 0 Å². The van der Waals surface area contributed by atoms with Gasteiger partial charge >= 0.3 is 6.18 Å². The summed E-state index contributed by atoms with van der Waals surface area (Å²) in [5.41, 5.74) is -2.10. The molecule has 4 rings (SSSR count). The van der Waals surface area contributed by atoms with Crippen molar-refractivity contribution in [2.45, 2.75) is 23.9 Å². The number of primary sulfonamides is 1. The van der Waals surface area contributed by atoms with Crippen molar-refractivity contribution < 1.29 is 21.6 Å². The summed E-state index contributed by atoms with van der Waals surface area (Å²) in [5, 5.41) is 5.10. The van der Waals surface area contributed by atoms with Crippen LogP contribution in [-0.2, 0) is 22.7 Å². The van der Waals surface area contributed by atoms with Crippen LogP contribution in [-0.4, -0.2) is 60.5 Å². The number of alkyl halides is 3. The lowest BCUT2D eigenvalue weighted by Gasteiger charge is -2.34. The molecule has 1 aromatic carbocycles. The Labute approximate surface area is 192 Å². The number of benzene rings is 1. The lowest BCUT2D eigenvalue weighted by atomic mass is 10.1. The predicted molar refractivity (Wildman–Crippen MR) is 119 cm³/mol. The summed E-state index contributed by atoms with van der Waals surface area (Å²) in [5.74, 6) is 0.108. The molecule has 0 aliphatic carbocycles. The Morgan fingerprint density at radius 1 is 1.12 bits per heavy atom. The van der Waals surface area contributed by atoms with Gasteiger partial charge in [-0.1, -0.05) is 19.1 Å². The van der Waals surface area contributed by atoms with Crippen LogP contribution in [0.3, 0.4) is 0 Å². The van der Waals surface area contributed by atoms with E-state index < -0.39 is 27.3 Å². The van der Waals surface area contributed by atoms with E-state index in [0.717, 1.165) is 47.7 Å². The van der Waals surface area contributed by atoms with E-state index in [1.165, 1.54) is 18.2 Å². The SMILES string of the molecule is CCN1CCN(Cc2nc3sc(S(N)(=O)=O)cc3c(=O)n2-c2ccccc2C(F)(F)F)CC1. The summed E-state index contributed by atoms with van der Waals surface area (Å²) in [6, 6.07) is 5.84. The zero-order valence-electron chi connectivity index (χ0n) is 17.7. The van der Waals surface area contributed by atoms with Crippen LogP contribution in [0.5, 0.6) is 0 Å². The highest BCUT2D eigenvalue weighted by Gasteiger charge is 2.35. The maximum Gasteiger partial charge on any atom is 0.418 e. The van der Waals surface area contributed by atoms with Crippen molar-refractivity contribution in [3.05, 3.63) is 52.1 Å². The van der Waals surface area contributed by atoms with Crippen molar-refractivity contribution in [3.63, 3.8) is 0 Å². The van der Waals surface area contributed by atoms with Gasteiger partial charge < -0.3 is 4.90 Å². The van der Waals surface area contributed by atoms with Crippen LogP contribution in [0.1, 0.15) is 18.3 Å². The first kappa shape index (κ1) is 23.8. The fourth-order valence-electron chi connectivity index (χ4n) is 3.87. The molecule has 0 bridgehead atoms. The molecule has 1 aliphatic rings. The van der Waals surface area contributed by atoms with E-state index in [9.17, 15) is 26.4 Å². The van der Waals surface area contributed by atoms with Crippen LogP contribution in [0.4, 0.5) is 13.2 Å². The number of hydrogen-bond donors (Lipinski definition) is 1. The van der Waals surface area contributed by atoms with Gasteiger partial charge in [0.1, 0.15) is 14.9 Å². The van der Waals surface area contributed by atoms with Crippen molar-refractivity contribution in [1.29, 1.82) is 0 Å². The fraction of sp³-hybridized carbons (Fsp3) is 0.400. The number of para-hydroxylation sites is 1. The highest BCUT2D eigenvalue weighted by molar-refractivity contribution is 7.91. The predicted octanol–water partition coefficient (Wildman–Crippen LogP) is 2.25. The van der Waals surface area contributed by atoms with E-state index in [2.05, 4.69) is 16.8 Å². The number of piperazine rings is 1. The third-order valence-electron chi connectivity index (χ3n) is 5.62. The first-order chi connectivity index (χ1) is 15.5. The number of rotatable bonds is 5. The summed E-state index contributed by atoms with van der Waals surface area (Å²) >= 11 is 0.726. The zero-order valence-corrected chi connectivity index (χ0v) is 19.3. The normalized spacial score (nSPS) is 16.5. The molecule has 2 aromatic heterocycles. The molecule has 0 spiro atoms. The molecule has 13 heteroatoms. The van der Waals surface area contributed by atoms with Gasteiger partial charge in [-0.05, 0) is 24.7 Å². The number of halogens is 3. The zero-order chi connectivity index (χ0) is 24.0. The average molecular weight is 502 g/mol. The van der Waals surface area contributed by atoms with Crippen LogP contribution in [0.15, 0.2) is 39.3 Å². The maximum atomic E-state index is 13.8. The second kappa shape index (κ2) is 8.80. The minimum Gasteiger partial charge on any atom is -0.301 e. The highest BCUT2D eigenvalue weighted by atomic mass is 32.2. The molecule has 33 heavy (non-hydrogen) atoms. The Bertz CT molecular complexity index is 1340. The molecule has 2 N–H and O–H groups in total. The van der Waals surface area contributed by atoms with Crippen LogP contribution < -0.4 is 10.7 Å². The molecule has 0 atom stereocenters. The Kier molecular flexibility index (Phi) is 6.35. The number of aromatic nitrogens is 2. The van der Waals surface area contributed by atoms with Crippen molar-refractivity contribution in [1.82, 2.24) is 19.4 Å². The molecule has 0 unspecified atom stereocenters. The lowest BCUT2D eigenvalue weighted by Crippen LogP contribution is -2.46. The first-order valence-corrected chi connectivity index (χ1v) is 12.5. The van der Waals surface area contributed by atoms with Crippen LogP contribution in [0, 0.1) is 0 Å². The first-order valence-electron chi connectivity index (χ1n) is 10.2. The molecular weight excluding hydrogens is 479 g/mol. The summed E-state index contributed by atoms with van der Waals surface area (Å²) in [4.78, 5) is 22.2. The smallest absolute Gasteiger partial charge is 0.301 e. The largest absolute Gasteiger partial charge is 0.418 e. The third-order valence-corrected chi connectivity index (χ3v) is 8.07. The molecule has 3 aromatic rings. The molecule has 0 amide bonds. The van der Waals surface area contributed by atoms with Gasteiger partial charge in [0.2, 0.25) is 10.0 Å². The van der Waals surface area contributed by atoms with Gasteiger partial charge in [0.05, 0.1) is 23.2 Å². The van der Waals surface area contributed by atoms with Crippen molar-refractivity contribution in [3.8, 4) is 5.69 Å². The van der Waals surface area contributed by atoms with Gasteiger partial charge in [-0.2, -0.15) is 13.2 Å². The Hall–Kier alpha value is -2.32. The van der Waals surface area contributed by atoms with E-state index in [4.69, 9.17) is 5.14 Å². The Balaban J connectivity index is 1.91. The topological polar surface area (TPSA) is 102 Å². The molecule has 1 saturated heterocycles. The Morgan fingerprint density at radius 2 is 1.76 bits per heavy atom. The van der Waals surface area contributed by atoms with Crippen LogP contribution in [0.25, 0.3) is 15.9 Å². The van der Waals surface area contributed by atoms with Crippen molar-refractivity contribution in [2.24, 2.45) is 5.14 Å². The van der Waals surface area contributed by atoms with E-state index in [-0.39, 0.29) is 32.5 Å². The molecule has 1 aliphatic heterocycles. The van der Waals surface area contributed by atoms with Crippen LogP contribution >= 0.6 is 11.3 Å². The molecule has 8 nitrogen and oxygen atoms in total. The minimum absolute atomic E-state index is 0.0967. The quantitative estimate of drug-likeness (QED) is 0.576. The molecule has 178 valence electrons. The van der Waals surface area contributed by atoms with E-state index in [1.54, 1.807) is 0 Å². The van der Waals surface area contributed by atoms with E-state index in [1.807, 2.05) is 4.90 Å². The lowest BCUT2D eigenvalue weighted by molar-refractivity contribution is -0.137.